The van der Waals surface area contributed by atoms with Crippen molar-refractivity contribution >= 4 is 29.0 Å². The largest absolute Gasteiger partial charge is 0.481 e. The molecule has 0 fully saturated rings. The number of benzene rings is 4. The first-order valence-corrected chi connectivity index (χ1v) is 20.6. The van der Waals surface area contributed by atoms with Gasteiger partial charge in [-0.1, -0.05) is 115 Å². The van der Waals surface area contributed by atoms with E-state index in [2.05, 4.69) is 64.3 Å². The molecule has 5 aromatic rings. The summed E-state index contributed by atoms with van der Waals surface area (Å²) >= 11 is 0. The highest BCUT2D eigenvalue weighted by Gasteiger charge is 2.56. The van der Waals surface area contributed by atoms with Gasteiger partial charge >= 0.3 is 6.03 Å². The smallest absolute Gasteiger partial charge is 0.330 e. The van der Waals surface area contributed by atoms with E-state index in [1.165, 1.54) is 10.4 Å². The first-order valence-electron chi connectivity index (χ1n) is 20.6. The minimum absolute atomic E-state index is 0.0153. The molecule has 59 heavy (non-hydrogen) atoms. The van der Waals surface area contributed by atoms with Crippen molar-refractivity contribution in [2.24, 2.45) is 5.10 Å². The summed E-state index contributed by atoms with van der Waals surface area (Å²) in [6.07, 6.45) is 1.17. The number of hydrogen-bond acceptors (Lipinski definition) is 7. The molecule has 2 heterocycles. The number of hydrogen-bond donors (Lipinski definition) is 2. The van der Waals surface area contributed by atoms with E-state index in [1.54, 1.807) is 11.8 Å². The summed E-state index contributed by atoms with van der Waals surface area (Å²) in [7, 11) is 0. The predicted octanol–water partition coefficient (Wildman–Crippen LogP) is 10.2. The zero-order valence-corrected chi connectivity index (χ0v) is 36.4. The number of aromatic nitrogens is 3. The van der Waals surface area contributed by atoms with Crippen molar-refractivity contribution in [3.05, 3.63) is 131 Å². The summed E-state index contributed by atoms with van der Waals surface area (Å²) in [5.74, 6) is 1.35. The molecule has 310 valence electrons. The van der Waals surface area contributed by atoms with E-state index in [-0.39, 0.29) is 29.2 Å². The normalized spacial score (nSPS) is 16.1. The Bertz CT molecular complexity index is 2320. The number of carbonyl (C=O) groups is 2. The molecule has 0 saturated heterocycles. The fraction of sp³-hybridized carbons (Fsp3) is 0.396. The number of nitrogens with zero attached hydrogens (tertiary/aromatic N) is 5. The van der Waals surface area contributed by atoms with Crippen LogP contribution in [-0.2, 0) is 21.3 Å². The number of aryl methyl sites for hydroxylation is 2. The Labute approximate surface area is 349 Å². The van der Waals surface area contributed by atoms with Gasteiger partial charge in [0, 0.05) is 23.7 Å². The van der Waals surface area contributed by atoms with Crippen LogP contribution in [0.1, 0.15) is 115 Å². The topological polar surface area (TPSA) is 123 Å². The van der Waals surface area contributed by atoms with Crippen molar-refractivity contribution in [3.63, 3.8) is 0 Å². The number of carbonyl (C=O) groups excluding carboxylic acids is 2. The van der Waals surface area contributed by atoms with Gasteiger partial charge in [-0.15, -0.1) is 9.89 Å². The van der Waals surface area contributed by atoms with Crippen LogP contribution in [0.3, 0.4) is 0 Å². The number of nitrogens with one attached hydrogen (secondary N) is 2. The third-order valence-electron chi connectivity index (χ3n) is 11.7. The number of anilines is 2. The molecular weight excluding hydrogens is 739 g/mol. The lowest BCUT2D eigenvalue weighted by molar-refractivity contribution is -0.127. The fourth-order valence-electron chi connectivity index (χ4n) is 7.16. The Balaban J connectivity index is 1.30. The molecule has 0 aliphatic carbocycles. The number of fused-ring (bicyclic) bond motifs is 1. The number of rotatable bonds is 15. The van der Waals surface area contributed by atoms with Gasteiger partial charge in [-0.2, -0.15) is 5.10 Å². The molecule has 0 saturated carbocycles. The second-order valence-corrected chi connectivity index (χ2v) is 16.9. The van der Waals surface area contributed by atoms with Gasteiger partial charge in [-0.05, 0) is 98.9 Å². The van der Waals surface area contributed by atoms with Gasteiger partial charge in [-0.25, -0.2) is 14.7 Å². The lowest BCUT2D eigenvalue weighted by atomic mass is 9.76. The maximum absolute atomic E-state index is 14.7. The first kappa shape index (κ1) is 42.6. The van der Waals surface area contributed by atoms with Crippen molar-refractivity contribution in [1.82, 2.24) is 20.2 Å². The van der Waals surface area contributed by atoms with E-state index >= 15 is 0 Å². The minimum Gasteiger partial charge on any atom is -0.481 e. The molecule has 3 atom stereocenters. The molecule has 0 radical (unpaired) electrons. The van der Waals surface area contributed by atoms with E-state index < -0.39 is 17.9 Å². The lowest BCUT2D eigenvalue weighted by Gasteiger charge is -2.40. The molecule has 11 heteroatoms. The third-order valence-corrected chi connectivity index (χ3v) is 11.7. The Morgan fingerprint density at radius 1 is 0.847 bits per heavy atom. The van der Waals surface area contributed by atoms with Crippen LogP contribution >= 0.6 is 0 Å². The van der Waals surface area contributed by atoms with Gasteiger partial charge in [0.15, 0.2) is 11.9 Å². The van der Waals surface area contributed by atoms with E-state index in [4.69, 9.17) is 24.7 Å². The first-order chi connectivity index (χ1) is 28.0. The Kier molecular flexibility index (Phi) is 12.4. The molecule has 4 aromatic carbocycles. The molecule has 11 nitrogen and oxygen atoms in total. The van der Waals surface area contributed by atoms with Crippen LogP contribution in [0.5, 0.6) is 11.5 Å². The summed E-state index contributed by atoms with van der Waals surface area (Å²) < 4.78 is 13.3. The lowest BCUT2D eigenvalue weighted by Crippen LogP contribution is -2.59. The second-order valence-electron chi connectivity index (χ2n) is 16.9. The van der Waals surface area contributed by atoms with E-state index in [0.717, 1.165) is 29.5 Å². The number of urea groups is 1. The van der Waals surface area contributed by atoms with Crippen molar-refractivity contribution in [2.75, 3.05) is 16.8 Å². The summed E-state index contributed by atoms with van der Waals surface area (Å²) in [6, 6.07) is 30.4. The van der Waals surface area contributed by atoms with Crippen LogP contribution in [0.25, 0.3) is 0 Å². The zero-order valence-electron chi connectivity index (χ0n) is 36.4. The monoisotopic (exact) mass is 797 g/mol. The van der Waals surface area contributed by atoms with Crippen molar-refractivity contribution in [2.45, 2.75) is 118 Å². The average Bonchev–Trinajstić information content (AvgIpc) is 3.75. The standard InChI is InChI=1S/C48H59N7O4/c1-12-46(8,9)36-25-27-41(39(29-36)47(10,11)13-2)58-34(6)43(56)49-30-33(5)42-51-44-48(35(7)52-55(44)53-42,59-38-22-18-15-19-23-38)54(40-26-24-31(3)28-32(40)4)45(57)50-37-20-16-14-17-21-37/h14-29,33-34H,12-13,30H2,1-11H3,(H,49,56)(H,50,57). The van der Waals surface area contributed by atoms with Crippen LogP contribution in [0.15, 0.2) is 102 Å². The molecule has 0 spiro atoms. The van der Waals surface area contributed by atoms with Gasteiger partial charge in [0.25, 0.3) is 11.6 Å². The molecule has 0 bridgehead atoms. The maximum Gasteiger partial charge on any atom is 0.330 e. The van der Waals surface area contributed by atoms with Crippen LogP contribution in [0, 0.1) is 13.8 Å². The third kappa shape index (κ3) is 8.75. The molecular formula is C48H59N7O4. The summed E-state index contributed by atoms with van der Waals surface area (Å²) in [4.78, 5) is 36.4. The highest BCUT2D eigenvalue weighted by molar-refractivity contribution is 6.10. The number of ether oxygens (including phenoxy) is 2. The molecule has 1 aromatic heterocycles. The summed E-state index contributed by atoms with van der Waals surface area (Å²) in [5.41, 5.74) is 4.13. The highest BCUT2D eigenvalue weighted by Crippen LogP contribution is 2.42. The number of amides is 3. The molecule has 3 unspecified atom stereocenters. The Hall–Kier alpha value is -5.97. The molecule has 6 rings (SSSR count). The average molecular weight is 798 g/mol. The van der Waals surface area contributed by atoms with Gasteiger partial charge < -0.3 is 20.1 Å². The zero-order chi connectivity index (χ0) is 42.7. The number of para-hydroxylation sites is 2. The van der Waals surface area contributed by atoms with E-state index in [9.17, 15) is 9.59 Å². The predicted molar refractivity (Wildman–Crippen MR) is 236 cm³/mol. The SMILES string of the molecule is CCC(C)(C)c1ccc(OC(C)C(=O)NCC(C)c2nc3n(n2)N=C(C)C3(Oc2ccccc2)N(C(=O)Nc2ccccc2)c2ccc(C)cc2C)c(C(C)(C)CC)c1. The van der Waals surface area contributed by atoms with Crippen LogP contribution < -0.4 is 25.0 Å². The Morgan fingerprint density at radius 2 is 1.51 bits per heavy atom. The van der Waals surface area contributed by atoms with Gasteiger partial charge in [0.2, 0.25) is 5.82 Å². The molecule has 3 amide bonds. The molecule has 1 aliphatic heterocycles. The summed E-state index contributed by atoms with van der Waals surface area (Å²) in [6.45, 7) is 23.0. The fourth-order valence-corrected chi connectivity index (χ4v) is 7.16. The van der Waals surface area contributed by atoms with E-state index in [0.29, 0.717) is 40.2 Å². The van der Waals surface area contributed by atoms with E-state index in [1.807, 2.05) is 113 Å². The Morgan fingerprint density at radius 3 is 2.15 bits per heavy atom. The van der Waals surface area contributed by atoms with Crippen molar-refractivity contribution in [3.8, 4) is 11.5 Å². The maximum atomic E-state index is 14.7. The second kappa shape index (κ2) is 17.1. The quantitative estimate of drug-likeness (QED) is 0.102. The van der Waals surface area contributed by atoms with Crippen LogP contribution in [0.4, 0.5) is 16.2 Å². The van der Waals surface area contributed by atoms with Gasteiger partial charge in [0.1, 0.15) is 17.2 Å². The molecule has 1 aliphatic rings. The van der Waals surface area contributed by atoms with Crippen LogP contribution in [-0.4, -0.2) is 45.2 Å². The minimum atomic E-state index is -1.65. The molecule has 2 N–H and O–H groups in total. The van der Waals surface area contributed by atoms with Crippen molar-refractivity contribution in [1.29, 1.82) is 0 Å². The van der Waals surface area contributed by atoms with Crippen LogP contribution in [0.2, 0.25) is 0 Å². The highest BCUT2D eigenvalue weighted by atomic mass is 16.5. The van der Waals surface area contributed by atoms with Gasteiger partial charge in [0.05, 0.1) is 5.69 Å². The van der Waals surface area contributed by atoms with Crippen molar-refractivity contribution < 1.29 is 19.1 Å². The van der Waals surface area contributed by atoms with Gasteiger partial charge in [-0.3, -0.25) is 4.79 Å². The summed E-state index contributed by atoms with van der Waals surface area (Å²) in [5, 5.41) is 15.8.